The van der Waals surface area contributed by atoms with Crippen LogP contribution in [0.25, 0.3) is 11.7 Å². The second-order valence-corrected chi connectivity index (χ2v) is 7.28. The summed E-state index contributed by atoms with van der Waals surface area (Å²) >= 11 is 0. The highest BCUT2D eigenvalue weighted by atomic mass is 16.5. The minimum atomic E-state index is -0.648. The lowest BCUT2D eigenvalue weighted by atomic mass is 10.1. The quantitative estimate of drug-likeness (QED) is 0.344. The van der Waals surface area contributed by atoms with E-state index in [4.69, 9.17) is 9.47 Å². The molecule has 34 heavy (non-hydrogen) atoms. The molecule has 8 nitrogen and oxygen atoms in total. The highest BCUT2D eigenvalue weighted by Gasteiger charge is 2.18. The van der Waals surface area contributed by atoms with Gasteiger partial charge in [-0.2, -0.15) is 10.2 Å². The summed E-state index contributed by atoms with van der Waals surface area (Å²) in [6.07, 6.45) is 2.75. The molecule has 2 aromatic carbocycles. The van der Waals surface area contributed by atoms with Crippen molar-refractivity contribution in [1.82, 2.24) is 9.38 Å². The molecule has 0 aliphatic rings. The molecule has 0 fully saturated rings. The van der Waals surface area contributed by atoms with Crippen LogP contribution in [0.1, 0.15) is 11.1 Å². The Balaban J connectivity index is 1.79. The Bertz CT molecular complexity index is 1500. The molecule has 0 bridgehead atoms. The van der Waals surface area contributed by atoms with Gasteiger partial charge in [0, 0.05) is 11.9 Å². The van der Waals surface area contributed by atoms with Gasteiger partial charge in [0.1, 0.15) is 34.4 Å². The van der Waals surface area contributed by atoms with E-state index in [1.807, 2.05) is 25.1 Å². The lowest BCUT2D eigenvalue weighted by Crippen LogP contribution is -2.20. The standard InChI is InChI=1S/C26H20N4O4/c1-17-7-3-4-8-22(17)28-24(31)18(16-27)15-21-25(34-20-12-10-19(33-2)11-13-20)29-23-9-5-6-14-30(23)26(21)32/h3-15H,1-2H3,(H,28,31)/b18-15-. The number of anilines is 1. The number of carbonyl (C=O) groups is 1. The van der Waals surface area contributed by atoms with Crippen molar-refractivity contribution in [3.63, 3.8) is 0 Å². The molecule has 0 spiro atoms. The number of nitriles is 1. The summed E-state index contributed by atoms with van der Waals surface area (Å²) in [4.78, 5) is 30.5. The van der Waals surface area contributed by atoms with Crippen LogP contribution in [0.2, 0.25) is 0 Å². The lowest BCUT2D eigenvalue weighted by Gasteiger charge is -2.11. The molecular formula is C26H20N4O4. The summed E-state index contributed by atoms with van der Waals surface area (Å²) in [5.74, 6) is 0.367. The Morgan fingerprint density at radius 2 is 1.76 bits per heavy atom. The molecule has 8 heteroatoms. The third-order valence-electron chi connectivity index (χ3n) is 5.06. The number of aromatic nitrogens is 2. The van der Waals surface area contributed by atoms with E-state index < -0.39 is 11.5 Å². The summed E-state index contributed by atoms with van der Waals surface area (Å²) in [6.45, 7) is 1.84. The summed E-state index contributed by atoms with van der Waals surface area (Å²) in [5.41, 5.74) is 0.982. The second-order valence-electron chi connectivity index (χ2n) is 7.28. The number of para-hydroxylation sites is 1. The monoisotopic (exact) mass is 452 g/mol. The molecule has 0 unspecified atom stereocenters. The number of benzene rings is 2. The zero-order valence-electron chi connectivity index (χ0n) is 18.5. The third kappa shape index (κ3) is 4.64. The molecule has 2 heterocycles. The number of pyridine rings is 1. The zero-order valence-corrected chi connectivity index (χ0v) is 18.5. The van der Waals surface area contributed by atoms with Crippen LogP contribution in [0.3, 0.4) is 0 Å². The minimum absolute atomic E-state index is 0.0298. The van der Waals surface area contributed by atoms with Gasteiger partial charge in [-0.3, -0.25) is 14.0 Å². The number of hydrogen-bond donors (Lipinski definition) is 1. The van der Waals surface area contributed by atoms with E-state index in [-0.39, 0.29) is 17.0 Å². The van der Waals surface area contributed by atoms with E-state index in [2.05, 4.69) is 10.3 Å². The molecule has 4 rings (SSSR count). The van der Waals surface area contributed by atoms with Crippen LogP contribution in [-0.4, -0.2) is 22.4 Å². The molecular weight excluding hydrogens is 432 g/mol. The van der Waals surface area contributed by atoms with Crippen LogP contribution in [0.15, 0.2) is 83.3 Å². The van der Waals surface area contributed by atoms with Crippen LogP contribution in [0.4, 0.5) is 5.69 Å². The summed E-state index contributed by atoms with van der Waals surface area (Å²) < 4.78 is 12.4. The number of fused-ring (bicyclic) bond motifs is 1. The fourth-order valence-electron chi connectivity index (χ4n) is 3.23. The first-order chi connectivity index (χ1) is 16.5. The van der Waals surface area contributed by atoms with Crippen molar-refractivity contribution < 1.29 is 14.3 Å². The maximum Gasteiger partial charge on any atom is 0.269 e. The van der Waals surface area contributed by atoms with Gasteiger partial charge < -0.3 is 14.8 Å². The van der Waals surface area contributed by atoms with Crippen molar-refractivity contribution in [2.75, 3.05) is 12.4 Å². The lowest BCUT2D eigenvalue weighted by molar-refractivity contribution is -0.112. The summed E-state index contributed by atoms with van der Waals surface area (Å²) in [5, 5.41) is 12.4. The van der Waals surface area contributed by atoms with Gasteiger partial charge in [-0.05, 0) is 61.0 Å². The maximum atomic E-state index is 13.3. The van der Waals surface area contributed by atoms with Gasteiger partial charge in [0.2, 0.25) is 5.88 Å². The molecule has 0 aliphatic heterocycles. The van der Waals surface area contributed by atoms with Gasteiger partial charge in [0.15, 0.2) is 0 Å². The van der Waals surface area contributed by atoms with Crippen molar-refractivity contribution >= 4 is 23.3 Å². The molecule has 4 aromatic rings. The van der Waals surface area contributed by atoms with Crippen molar-refractivity contribution in [2.24, 2.45) is 0 Å². The number of nitrogens with one attached hydrogen (secondary N) is 1. The van der Waals surface area contributed by atoms with Crippen LogP contribution in [0.5, 0.6) is 17.4 Å². The number of carbonyl (C=O) groups excluding carboxylic acids is 1. The topological polar surface area (TPSA) is 106 Å². The van der Waals surface area contributed by atoms with E-state index in [1.165, 1.54) is 10.5 Å². The number of amides is 1. The van der Waals surface area contributed by atoms with Gasteiger partial charge >= 0.3 is 0 Å². The predicted molar refractivity (Wildman–Crippen MR) is 128 cm³/mol. The normalized spacial score (nSPS) is 11.0. The predicted octanol–water partition coefficient (Wildman–Crippen LogP) is 4.35. The Morgan fingerprint density at radius 1 is 1.06 bits per heavy atom. The van der Waals surface area contributed by atoms with Gasteiger partial charge in [-0.25, -0.2) is 0 Å². The molecule has 0 saturated heterocycles. The van der Waals surface area contributed by atoms with Gasteiger partial charge in [0.25, 0.3) is 11.5 Å². The SMILES string of the molecule is COc1ccc(Oc2nc3ccccn3c(=O)c2/C=C(/C#N)C(=O)Nc2ccccc2C)cc1. The molecule has 0 saturated carbocycles. The summed E-state index contributed by atoms with van der Waals surface area (Å²) in [7, 11) is 1.55. The number of methoxy groups -OCH3 is 1. The van der Waals surface area contributed by atoms with E-state index in [1.54, 1.807) is 67.9 Å². The summed E-state index contributed by atoms with van der Waals surface area (Å²) in [6, 6.07) is 20.9. The first-order valence-electron chi connectivity index (χ1n) is 10.3. The van der Waals surface area contributed by atoms with E-state index in [9.17, 15) is 14.9 Å². The molecule has 0 radical (unpaired) electrons. The van der Waals surface area contributed by atoms with Gasteiger partial charge in [-0.15, -0.1) is 0 Å². The molecule has 1 N–H and O–H groups in total. The van der Waals surface area contributed by atoms with E-state index in [0.717, 1.165) is 5.56 Å². The highest BCUT2D eigenvalue weighted by molar-refractivity contribution is 6.10. The fraction of sp³-hybridized carbons (Fsp3) is 0.0769. The minimum Gasteiger partial charge on any atom is -0.497 e. The molecule has 0 atom stereocenters. The molecule has 2 aromatic heterocycles. The Kier molecular flexibility index (Phi) is 6.37. The van der Waals surface area contributed by atoms with Crippen LogP contribution in [0, 0.1) is 18.3 Å². The Hall–Kier alpha value is -4.90. The Labute approximate surface area is 195 Å². The van der Waals surface area contributed by atoms with Crippen LogP contribution < -0.4 is 20.3 Å². The van der Waals surface area contributed by atoms with Crippen LogP contribution >= 0.6 is 0 Å². The molecule has 168 valence electrons. The highest BCUT2D eigenvalue weighted by Crippen LogP contribution is 2.26. The number of ether oxygens (including phenoxy) is 2. The van der Waals surface area contributed by atoms with Crippen molar-refractivity contribution in [3.05, 3.63) is 100.0 Å². The number of nitrogens with zero attached hydrogens (tertiary/aromatic N) is 3. The third-order valence-corrected chi connectivity index (χ3v) is 5.06. The number of aryl methyl sites for hydroxylation is 1. The smallest absolute Gasteiger partial charge is 0.269 e. The zero-order chi connectivity index (χ0) is 24.1. The largest absolute Gasteiger partial charge is 0.497 e. The Morgan fingerprint density at radius 3 is 2.47 bits per heavy atom. The molecule has 1 amide bonds. The first-order valence-corrected chi connectivity index (χ1v) is 10.3. The van der Waals surface area contributed by atoms with E-state index >= 15 is 0 Å². The average molecular weight is 452 g/mol. The molecule has 0 aliphatic carbocycles. The van der Waals surface area contributed by atoms with E-state index in [0.29, 0.717) is 22.8 Å². The average Bonchev–Trinajstić information content (AvgIpc) is 2.86. The van der Waals surface area contributed by atoms with Gasteiger partial charge in [0.05, 0.1) is 7.11 Å². The van der Waals surface area contributed by atoms with Crippen molar-refractivity contribution in [1.29, 1.82) is 5.26 Å². The maximum absolute atomic E-state index is 13.3. The van der Waals surface area contributed by atoms with Gasteiger partial charge in [-0.1, -0.05) is 24.3 Å². The number of hydrogen-bond acceptors (Lipinski definition) is 6. The second kappa shape index (κ2) is 9.71. The first kappa shape index (κ1) is 22.3. The van der Waals surface area contributed by atoms with Crippen molar-refractivity contribution in [3.8, 4) is 23.4 Å². The van der Waals surface area contributed by atoms with Crippen LogP contribution in [-0.2, 0) is 4.79 Å². The number of rotatable bonds is 6. The fourth-order valence-corrected chi connectivity index (χ4v) is 3.23. The van der Waals surface area contributed by atoms with Crippen molar-refractivity contribution in [2.45, 2.75) is 6.92 Å².